The molecular weight excluding hydrogens is 769 g/mol. The molecule has 2 bridgehead atoms. The Morgan fingerprint density at radius 3 is 2.47 bits per heavy atom. The predicted molar refractivity (Wildman–Crippen MR) is 219 cm³/mol. The number of carbonyl (C=O) groups excluding carboxylic acids is 4. The molecule has 1 amide bonds. The summed E-state index contributed by atoms with van der Waals surface area (Å²) in [5.41, 5.74) is -1.99. The summed E-state index contributed by atoms with van der Waals surface area (Å²) >= 11 is 0. The number of amides is 1. The van der Waals surface area contributed by atoms with Gasteiger partial charge in [0.15, 0.2) is 6.10 Å². The zero-order valence-corrected chi connectivity index (χ0v) is 35.3. The number of benzene rings is 2. The minimum atomic E-state index is -2.33. The van der Waals surface area contributed by atoms with Gasteiger partial charge in [-0.05, 0) is 61.9 Å². The van der Waals surface area contributed by atoms with Gasteiger partial charge in [-0.15, -0.1) is 0 Å². The summed E-state index contributed by atoms with van der Waals surface area (Å²) in [6.45, 7) is 7.57. The molecule has 7 heterocycles. The van der Waals surface area contributed by atoms with Gasteiger partial charge in [-0.3, -0.25) is 19.3 Å². The summed E-state index contributed by atoms with van der Waals surface area (Å²) in [5.74, 6) is -2.42. The van der Waals surface area contributed by atoms with Crippen LogP contribution in [-0.4, -0.2) is 134 Å². The van der Waals surface area contributed by atoms with Crippen molar-refractivity contribution in [1.29, 1.82) is 0 Å². The molecular formula is C46H54N4O10. The molecule has 1 aromatic heterocycles. The van der Waals surface area contributed by atoms with E-state index in [4.69, 9.17) is 23.7 Å². The Morgan fingerprint density at radius 1 is 1.00 bits per heavy atom. The number of nitrogens with zero attached hydrogens (tertiary/aromatic N) is 3. The maximum Gasteiger partial charge on any atom is 0.344 e. The molecule has 0 radical (unpaired) electrons. The van der Waals surface area contributed by atoms with Crippen LogP contribution in [0.1, 0.15) is 68.8 Å². The van der Waals surface area contributed by atoms with Crippen LogP contribution in [0.2, 0.25) is 0 Å². The van der Waals surface area contributed by atoms with Crippen LogP contribution in [0.25, 0.3) is 10.9 Å². The number of piperidine rings is 1. The largest absolute Gasteiger partial charge is 0.496 e. The highest BCUT2D eigenvalue weighted by Crippen LogP contribution is 2.68. The number of aromatic nitrogens is 1. The first-order chi connectivity index (χ1) is 28.8. The molecule has 10 atom stereocenters. The molecule has 1 saturated carbocycles. The molecule has 318 valence electrons. The van der Waals surface area contributed by atoms with E-state index in [1.165, 1.54) is 21.1 Å². The van der Waals surface area contributed by atoms with Crippen molar-refractivity contribution in [3.8, 4) is 5.75 Å². The van der Waals surface area contributed by atoms with Crippen LogP contribution in [0, 0.1) is 11.3 Å². The molecule has 6 aliphatic heterocycles. The number of hydrogen-bond donors (Lipinski definition) is 2. The van der Waals surface area contributed by atoms with Crippen molar-refractivity contribution in [3.63, 3.8) is 0 Å². The Morgan fingerprint density at radius 2 is 1.77 bits per heavy atom. The lowest BCUT2D eigenvalue weighted by molar-refractivity contribution is -0.228. The second-order valence-corrected chi connectivity index (χ2v) is 18.1. The van der Waals surface area contributed by atoms with Crippen LogP contribution in [0.4, 0.5) is 5.69 Å². The van der Waals surface area contributed by atoms with Gasteiger partial charge in [-0.2, -0.15) is 0 Å². The molecule has 60 heavy (non-hydrogen) atoms. The van der Waals surface area contributed by atoms with Gasteiger partial charge in [-0.25, -0.2) is 4.79 Å². The fraction of sp³-hybridized carbons (Fsp3) is 0.565. The molecule has 14 nitrogen and oxygen atoms in total. The summed E-state index contributed by atoms with van der Waals surface area (Å²) < 4.78 is 30.4. The number of aromatic amines is 1. The normalized spacial score (nSPS) is 37.1. The minimum absolute atomic E-state index is 0.0421. The van der Waals surface area contributed by atoms with Crippen LogP contribution >= 0.6 is 0 Å². The van der Waals surface area contributed by atoms with Gasteiger partial charge in [0.25, 0.3) is 0 Å². The second-order valence-electron chi connectivity index (χ2n) is 18.1. The van der Waals surface area contributed by atoms with E-state index in [1.54, 1.807) is 7.11 Å². The summed E-state index contributed by atoms with van der Waals surface area (Å²) in [4.78, 5) is 67.4. The van der Waals surface area contributed by atoms with Gasteiger partial charge in [0.1, 0.15) is 22.9 Å². The Balaban J connectivity index is 1.29. The molecule has 3 aromatic rings. The zero-order chi connectivity index (χ0) is 42.3. The number of H-pyrrole nitrogens is 1. The fourth-order valence-corrected chi connectivity index (χ4v) is 13.6. The molecule has 10 rings (SSSR count). The number of esters is 3. The van der Waals surface area contributed by atoms with E-state index in [9.17, 15) is 19.5 Å². The molecule has 3 saturated heterocycles. The molecule has 14 heteroatoms. The van der Waals surface area contributed by atoms with Crippen LogP contribution in [0.15, 0.2) is 48.6 Å². The highest BCUT2D eigenvalue weighted by atomic mass is 16.6. The third kappa shape index (κ3) is 4.59. The van der Waals surface area contributed by atoms with Crippen LogP contribution in [-0.2, 0) is 55.4 Å². The van der Waals surface area contributed by atoms with Crippen LogP contribution in [0.5, 0.6) is 5.75 Å². The molecule has 10 unspecified atom stereocenters. The van der Waals surface area contributed by atoms with Gasteiger partial charge in [0, 0.05) is 77.8 Å². The van der Waals surface area contributed by atoms with E-state index in [2.05, 4.69) is 16.8 Å². The highest BCUT2D eigenvalue weighted by molar-refractivity contribution is 5.96. The fourth-order valence-electron chi connectivity index (χ4n) is 13.6. The van der Waals surface area contributed by atoms with Gasteiger partial charge >= 0.3 is 17.9 Å². The van der Waals surface area contributed by atoms with Crippen LogP contribution in [0.3, 0.4) is 0 Å². The number of nitrogens with one attached hydrogen (secondary N) is 1. The Hall–Kier alpha value is -4.92. The average molecular weight is 823 g/mol. The third-order valence-electron chi connectivity index (χ3n) is 16.0. The number of ether oxygens (including phenoxy) is 5. The van der Waals surface area contributed by atoms with Crippen molar-refractivity contribution in [3.05, 3.63) is 70.9 Å². The zero-order valence-electron chi connectivity index (χ0n) is 35.3. The Bertz CT molecular complexity index is 2400. The monoisotopic (exact) mass is 822 g/mol. The standard InChI is InChI=1S/C46H54N4O10/c1-8-42-16-12-18-49-20-17-44(37(42)49)29-21-30(33(56-5)22-32(29)48(4)38(44)46(55,41(54)58-7)39(42)59-25(3)51)45(40(53)57-6)23-28-35-43(9-2,60-35)24-50(36(28)52)19-15-27-26-13-10-11-14-31(26)47-34(27)45/h10-14,16,21-22,28,35,37-39,47,55H,8-9,15,17-20,23-24H2,1-7H3. The van der Waals surface area contributed by atoms with E-state index >= 15 is 4.79 Å². The molecule has 2 aromatic carbocycles. The maximum atomic E-state index is 15.4. The first-order valence-corrected chi connectivity index (χ1v) is 21.3. The van der Waals surface area contributed by atoms with Gasteiger partial charge in [0.05, 0.1) is 39.8 Å². The Labute approximate surface area is 349 Å². The van der Waals surface area contributed by atoms with E-state index in [1.807, 2.05) is 72.3 Å². The first-order valence-electron chi connectivity index (χ1n) is 21.3. The van der Waals surface area contributed by atoms with Crippen molar-refractivity contribution in [1.82, 2.24) is 14.8 Å². The Kier molecular flexibility index (Phi) is 8.53. The lowest BCUT2D eigenvalue weighted by atomic mass is 9.47. The number of fused-ring (bicyclic) bond motifs is 8. The number of epoxide rings is 1. The number of likely N-dealkylation sites (N-methyl/N-ethyl adjacent to an activating group) is 1. The quantitative estimate of drug-likeness (QED) is 0.155. The van der Waals surface area contributed by atoms with Crippen molar-refractivity contribution in [2.45, 2.75) is 99.2 Å². The molecule has 1 spiro atoms. The number of methoxy groups -OCH3 is 3. The number of rotatable bonds is 7. The maximum absolute atomic E-state index is 15.4. The van der Waals surface area contributed by atoms with Gasteiger partial charge in [-0.1, -0.05) is 44.2 Å². The predicted octanol–water partition coefficient (Wildman–Crippen LogP) is 3.53. The summed E-state index contributed by atoms with van der Waals surface area (Å²) in [6, 6.07) is 10.6. The van der Waals surface area contributed by atoms with Crippen molar-refractivity contribution in [2.75, 3.05) is 59.5 Å². The number of para-hydroxylation sites is 1. The first kappa shape index (κ1) is 39.2. The highest BCUT2D eigenvalue weighted by Gasteiger charge is 2.80. The summed E-state index contributed by atoms with van der Waals surface area (Å²) in [7, 11) is 6.02. The average Bonchev–Trinajstić information content (AvgIpc) is 3.52. The molecule has 2 N–H and O–H groups in total. The van der Waals surface area contributed by atoms with E-state index in [0.717, 1.165) is 28.5 Å². The number of anilines is 1. The minimum Gasteiger partial charge on any atom is -0.496 e. The third-order valence-corrected chi connectivity index (χ3v) is 16.0. The van der Waals surface area contributed by atoms with Crippen molar-refractivity contribution in [2.24, 2.45) is 11.3 Å². The lowest BCUT2D eigenvalue weighted by Crippen LogP contribution is -2.81. The van der Waals surface area contributed by atoms with Crippen LogP contribution < -0.4 is 9.64 Å². The molecule has 4 fully saturated rings. The SMILES string of the molecule is CCC12CN3CCc4c([nH]c5ccccc45)C(C(=O)OC)(c4cc5c(cc4OC)N(C)C4C(O)(C(=O)OC)C(OC(C)=O)C6(CC)C=CCN7CCC54C76)CC(C3=O)C1O2. The van der Waals surface area contributed by atoms with Crippen molar-refractivity contribution >= 4 is 40.4 Å². The number of carbonyl (C=O) groups is 4. The number of hydrogen-bond acceptors (Lipinski definition) is 12. The lowest BCUT2D eigenvalue weighted by Gasteiger charge is -2.63. The van der Waals surface area contributed by atoms with Gasteiger partial charge < -0.3 is 43.6 Å². The summed E-state index contributed by atoms with van der Waals surface area (Å²) in [6.07, 6.45) is 4.61. The topological polar surface area (TPSA) is 163 Å². The summed E-state index contributed by atoms with van der Waals surface area (Å²) in [5, 5.41) is 14.3. The van der Waals surface area contributed by atoms with E-state index in [-0.39, 0.29) is 24.5 Å². The van der Waals surface area contributed by atoms with E-state index < -0.39 is 63.4 Å². The van der Waals surface area contributed by atoms with E-state index in [0.29, 0.717) is 68.1 Å². The number of aliphatic hydroxyl groups is 1. The van der Waals surface area contributed by atoms with Gasteiger partial charge in [0.2, 0.25) is 11.5 Å². The molecule has 1 aliphatic carbocycles. The smallest absolute Gasteiger partial charge is 0.344 e. The van der Waals surface area contributed by atoms with Crippen molar-refractivity contribution < 1.29 is 48.0 Å². The second kappa shape index (κ2) is 13.0. The molecule has 7 aliphatic rings.